The lowest BCUT2D eigenvalue weighted by Crippen LogP contribution is -2.53. The van der Waals surface area contributed by atoms with Crippen molar-refractivity contribution >= 4 is 5.91 Å². The van der Waals surface area contributed by atoms with E-state index in [0.717, 1.165) is 18.7 Å². The molecular weight excluding hydrogens is 254 g/mol. The second-order valence-corrected chi connectivity index (χ2v) is 5.34. The summed E-state index contributed by atoms with van der Waals surface area (Å²) in [6.45, 7) is 5.24. The molecule has 5 nitrogen and oxygen atoms in total. The van der Waals surface area contributed by atoms with Crippen molar-refractivity contribution in [3.8, 4) is 0 Å². The van der Waals surface area contributed by atoms with Gasteiger partial charge in [0.2, 0.25) is 5.91 Å². The fourth-order valence-corrected chi connectivity index (χ4v) is 2.46. The van der Waals surface area contributed by atoms with Gasteiger partial charge in [0.05, 0.1) is 12.1 Å². The van der Waals surface area contributed by atoms with E-state index >= 15 is 0 Å². The number of hydrogen-bond donors (Lipinski definition) is 2. The number of rotatable bonds is 4. The maximum atomic E-state index is 11.8. The van der Waals surface area contributed by atoms with E-state index in [1.807, 2.05) is 30.3 Å². The Morgan fingerprint density at radius 2 is 1.85 bits per heavy atom. The Kier molecular flexibility index (Phi) is 5.11. The molecule has 110 valence electrons. The van der Waals surface area contributed by atoms with Gasteiger partial charge in [-0.05, 0) is 12.5 Å². The molecular formula is C15H23N3O2. The quantitative estimate of drug-likeness (QED) is 0.825. The van der Waals surface area contributed by atoms with Crippen LogP contribution >= 0.6 is 0 Å². The summed E-state index contributed by atoms with van der Waals surface area (Å²) in [6, 6.07) is 9.22. The molecule has 2 rings (SSSR count). The second kappa shape index (κ2) is 6.83. The summed E-state index contributed by atoms with van der Waals surface area (Å²) in [7, 11) is 0. The van der Waals surface area contributed by atoms with Gasteiger partial charge < -0.3 is 15.7 Å². The molecule has 0 saturated carbocycles. The third-order valence-electron chi connectivity index (χ3n) is 3.69. The van der Waals surface area contributed by atoms with E-state index in [4.69, 9.17) is 5.73 Å². The van der Waals surface area contributed by atoms with Gasteiger partial charge in [0.25, 0.3) is 0 Å². The first-order valence-electron chi connectivity index (χ1n) is 7.07. The SMILES string of the molecule is C[C@@H](N)C(=O)N1CCN(CC(O)c2ccccc2)CC1. The minimum atomic E-state index is -0.480. The highest BCUT2D eigenvalue weighted by Crippen LogP contribution is 2.15. The fourth-order valence-electron chi connectivity index (χ4n) is 2.46. The van der Waals surface area contributed by atoms with Gasteiger partial charge in [0.1, 0.15) is 0 Å². The van der Waals surface area contributed by atoms with Gasteiger partial charge >= 0.3 is 0 Å². The average Bonchev–Trinajstić information content (AvgIpc) is 2.48. The van der Waals surface area contributed by atoms with Crippen LogP contribution < -0.4 is 5.73 Å². The molecule has 3 N–H and O–H groups in total. The number of β-amino-alcohol motifs (C(OH)–C–C–N with tert-alkyl or cyclic N) is 1. The molecule has 1 amide bonds. The first-order chi connectivity index (χ1) is 9.58. The molecule has 0 spiro atoms. The third-order valence-corrected chi connectivity index (χ3v) is 3.69. The van der Waals surface area contributed by atoms with Gasteiger partial charge in [-0.2, -0.15) is 0 Å². The molecule has 1 aliphatic rings. The zero-order valence-electron chi connectivity index (χ0n) is 11.9. The summed E-state index contributed by atoms with van der Waals surface area (Å²) in [5.74, 6) is 0.00765. The number of carbonyl (C=O) groups excluding carboxylic acids is 1. The maximum absolute atomic E-state index is 11.8. The topological polar surface area (TPSA) is 69.8 Å². The molecule has 1 saturated heterocycles. The molecule has 1 aliphatic heterocycles. The van der Waals surface area contributed by atoms with Crippen molar-refractivity contribution < 1.29 is 9.90 Å². The number of aliphatic hydroxyl groups is 1. The molecule has 1 heterocycles. The number of carbonyl (C=O) groups is 1. The third kappa shape index (κ3) is 3.79. The Labute approximate surface area is 120 Å². The highest BCUT2D eigenvalue weighted by Gasteiger charge is 2.24. The van der Waals surface area contributed by atoms with Crippen molar-refractivity contribution in [2.24, 2.45) is 5.73 Å². The van der Waals surface area contributed by atoms with Crippen LogP contribution in [0.2, 0.25) is 0 Å². The van der Waals surface area contributed by atoms with E-state index < -0.39 is 12.1 Å². The molecule has 1 aromatic carbocycles. The van der Waals surface area contributed by atoms with E-state index in [1.165, 1.54) is 0 Å². The molecule has 0 radical (unpaired) electrons. The van der Waals surface area contributed by atoms with Gasteiger partial charge in [0, 0.05) is 32.7 Å². The Morgan fingerprint density at radius 1 is 1.25 bits per heavy atom. The molecule has 1 aromatic rings. The van der Waals surface area contributed by atoms with Crippen molar-refractivity contribution in [1.82, 2.24) is 9.80 Å². The van der Waals surface area contributed by atoms with Crippen molar-refractivity contribution in [1.29, 1.82) is 0 Å². The van der Waals surface area contributed by atoms with Crippen LogP contribution in [0.25, 0.3) is 0 Å². The highest BCUT2D eigenvalue weighted by molar-refractivity contribution is 5.81. The summed E-state index contributed by atoms with van der Waals surface area (Å²) >= 11 is 0. The molecule has 1 fully saturated rings. The summed E-state index contributed by atoms with van der Waals surface area (Å²) in [5, 5.41) is 10.2. The second-order valence-electron chi connectivity index (χ2n) is 5.34. The van der Waals surface area contributed by atoms with Crippen LogP contribution in [-0.2, 0) is 4.79 Å². The fraction of sp³-hybridized carbons (Fsp3) is 0.533. The largest absolute Gasteiger partial charge is 0.387 e. The van der Waals surface area contributed by atoms with Crippen molar-refractivity contribution in [2.45, 2.75) is 19.1 Å². The van der Waals surface area contributed by atoms with Crippen molar-refractivity contribution in [3.05, 3.63) is 35.9 Å². The van der Waals surface area contributed by atoms with E-state index in [2.05, 4.69) is 4.90 Å². The van der Waals surface area contributed by atoms with Crippen LogP contribution in [0.5, 0.6) is 0 Å². The molecule has 0 bridgehead atoms. The predicted molar refractivity (Wildman–Crippen MR) is 78.1 cm³/mol. The number of hydrogen-bond acceptors (Lipinski definition) is 4. The standard InChI is InChI=1S/C15H23N3O2/c1-12(16)15(20)18-9-7-17(8-10-18)11-14(19)13-5-3-2-4-6-13/h2-6,12,14,19H,7-11,16H2,1H3/t12-,14?/m1/s1. The van der Waals surface area contributed by atoms with Crippen LogP contribution in [0.3, 0.4) is 0 Å². The van der Waals surface area contributed by atoms with E-state index in [0.29, 0.717) is 19.6 Å². The smallest absolute Gasteiger partial charge is 0.239 e. The van der Waals surface area contributed by atoms with Crippen LogP contribution in [0.1, 0.15) is 18.6 Å². The molecule has 0 aromatic heterocycles. The van der Waals surface area contributed by atoms with Gasteiger partial charge in [-0.3, -0.25) is 9.69 Å². The number of nitrogens with zero attached hydrogens (tertiary/aromatic N) is 2. The minimum absolute atomic E-state index is 0.00765. The predicted octanol–water partition coefficient (Wildman–Crippen LogP) is 0.211. The number of aliphatic hydroxyl groups excluding tert-OH is 1. The Morgan fingerprint density at radius 3 is 2.40 bits per heavy atom. The first-order valence-corrected chi connectivity index (χ1v) is 7.07. The van der Waals surface area contributed by atoms with Gasteiger partial charge in [-0.1, -0.05) is 30.3 Å². The molecule has 2 atom stereocenters. The van der Waals surface area contributed by atoms with E-state index in [1.54, 1.807) is 11.8 Å². The highest BCUT2D eigenvalue weighted by atomic mass is 16.3. The van der Waals surface area contributed by atoms with Gasteiger partial charge in [-0.25, -0.2) is 0 Å². The normalized spacial score (nSPS) is 19.6. The van der Waals surface area contributed by atoms with Crippen LogP contribution in [-0.4, -0.2) is 59.6 Å². The Balaban J connectivity index is 1.81. The number of piperazine rings is 1. The maximum Gasteiger partial charge on any atom is 0.239 e. The lowest BCUT2D eigenvalue weighted by molar-refractivity contribution is -0.134. The first kappa shape index (κ1) is 15.0. The summed E-state index contributed by atoms with van der Waals surface area (Å²) in [4.78, 5) is 15.8. The zero-order chi connectivity index (χ0) is 14.5. The van der Waals surface area contributed by atoms with Crippen LogP contribution in [0, 0.1) is 0 Å². The summed E-state index contributed by atoms with van der Waals surface area (Å²) < 4.78 is 0. The van der Waals surface area contributed by atoms with Crippen molar-refractivity contribution in [2.75, 3.05) is 32.7 Å². The molecule has 0 aliphatic carbocycles. The number of amides is 1. The summed E-state index contributed by atoms with van der Waals surface area (Å²) in [6.07, 6.45) is -0.480. The van der Waals surface area contributed by atoms with Crippen molar-refractivity contribution in [3.63, 3.8) is 0 Å². The Hall–Kier alpha value is -1.43. The van der Waals surface area contributed by atoms with E-state index in [9.17, 15) is 9.90 Å². The monoisotopic (exact) mass is 277 g/mol. The average molecular weight is 277 g/mol. The molecule has 1 unspecified atom stereocenters. The number of benzene rings is 1. The lowest BCUT2D eigenvalue weighted by atomic mass is 10.1. The zero-order valence-corrected chi connectivity index (χ0v) is 11.9. The van der Waals surface area contributed by atoms with Gasteiger partial charge in [0.15, 0.2) is 0 Å². The Bertz CT molecular complexity index is 428. The van der Waals surface area contributed by atoms with Gasteiger partial charge in [-0.15, -0.1) is 0 Å². The molecule has 20 heavy (non-hydrogen) atoms. The minimum Gasteiger partial charge on any atom is -0.387 e. The summed E-state index contributed by atoms with van der Waals surface area (Å²) in [5.41, 5.74) is 6.55. The number of nitrogens with two attached hydrogens (primary N) is 1. The van der Waals surface area contributed by atoms with Crippen LogP contribution in [0.4, 0.5) is 0 Å². The molecule has 5 heteroatoms. The van der Waals surface area contributed by atoms with Crippen LogP contribution in [0.15, 0.2) is 30.3 Å². The lowest BCUT2D eigenvalue weighted by Gasteiger charge is -2.36. The van der Waals surface area contributed by atoms with E-state index in [-0.39, 0.29) is 5.91 Å².